The van der Waals surface area contributed by atoms with Crippen LogP contribution in [0.3, 0.4) is 0 Å². The number of rotatable bonds is 2. The molecule has 1 heterocycles. The van der Waals surface area contributed by atoms with Gasteiger partial charge in [-0.15, -0.1) is 0 Å². The zero-order valence-corrected chi connectivity index (χ0v) is 7.23. The molecule has 0 aliphatic heterocycles. The maximum Gasteiger partial charge on any atom is 0.0618 e. The second-order valence-electron chi connectivity index (χ2n) is 2.46. The molecule has 0 aliphatic rings. The molecule has 0 aliphatic carbocycles. The number of aromatic nitrogens is 1. The molecule has 1 aromatic rings. The van der Waals surface area contributed by atoms with E-state index in [1.165, 1.54) is 0 Å². The monoisotopic (exact) mass is 170 g/mol. The van der Waals surface area contributed by atoms with Crippen molar-refractivity contribution in [3.05, 3.63) is 28.5 Å². The van der Waals surface area contributed by atoms with E-state index in [4.69, 9.17) is 17.3 Å². The van der Waals surface area contributed by atoms with Crippen LogP contribution in [0.25, 0.3) is 0 Å². The third-order valence-electron chi connectivity index (χ3n) is 1.50. The summed E-state index contributed by atoms with van der Waals surface area (Å²) >= 11 is 5.79. The van der Waals surface area contributed by atoms with Gasteiger partial charge in [0.15, 0.2) is 0 Å². The summed E-state index contributed by atoms with van der Waals surface area (Å²) in [6.45, 7) is 2.60. The Balaban J connectivity index is 2.86. The second-order valence-corrected chi connectivity index (χ2v) is 2.87. The van der Waals surface area contributed by atoms with E-state index in [0.717, 1.165) is 17.7 Å². The van der Waals surface area contributed by atoms with Crippen molar-refractivity contribution in [1.29, 1.82) is 0 Å². The molecule has 2 nitrogen and oxygen atoms in total. The van der Waals surface area contributed by atoms with Gasteiger partial charge >= 0.3 is 0 Å². The lowest BCUT2D eigenvalue weighted by atomic mass is 10.2. The lowest BCUT2D eigenvalue weighted by Gasteiger charge is -2.00. The first-order valence-corrected chi connectivity index (χ1v) is 3.93. The van der Waals surface area contributed by atoms with Crippen molar-refractivity contribution >= 4 is 11.6 Å². The Morgan fingerprint density at radius 1 is 1.64 bits per heavy atom. The van der Waals surface area contributed by atoms with E-state index in [1.54, 1.807) is 6.20 Å². The van der Waals surface area contributed by atoms with E-state index < -0.39 is 0 Å². The molecule has 2 N–H and O–H groups in total. The zero-order valence-electron chi connectivity index (χ0n) is 6.47. The number of nitrogens with zero attached hydrogens (tertiary/aromatic N) is 1. The van der Waals surface area contributed by atoms with Crippen molar-refractivity contribution < 1.29 is 0 Å². The van der Waals surface area contributed by atoms with Crippen molar-refractivity contribution in [2.45, 2.75) is 13.3 Å². The van der Waals surface area contributed by atoms with E-state index in [-0.39, 0.29) is 0 Å². The normalized spacial score (nSPS) is 10.1. The van der Waals surface area contributed by atoms with Crippen LogP contribution >= 0.6 is 11.6 Å². The van der Waals surface area contributed by atoms with E-state index in [0.29, 0.717) is 11.6 Å². The minimum Gasteiger partial charge on any atom is -0.330 e. The summed E-state index contributed by atoms with van der Waals surface area (Å²) in [4.78, 5) is 4.12. The van der Waals surface area contributed by atoms with Crippen LogP contribution in [0.4, 0.5) is 0 Å². The van der Waals surface area contributed by atoms with Gasteiger partial charge in [0.05, 0.1) is 5.02 Å². The highest BCUT2D eigenvalue weighted by Gasteiger charge is 1.97. The van der Waals surface area contributed by atoms with Gasteiger partial charge in [0, 0.05) is 18.3 Å². The fraction of sp³-hybridized carbons (Fsp3) is 0.375. The highest BCUT2D eigenvalue weighted by Crippen LogP contribution is 2.13. The van der Waals surface area contributed by atoms with Gasteiger partial charge in [-0.25, -0.2) is 0 Å². The summed E-state index contributed by atoms with van der Waals surface area (Å²) in [5.41, 5.74) is 7.44. The number of halogens is 1. The molecule has 3 heteroatoms. The number of nitrogens with two attached hydrogens (primary N) is 1. The molecule has 0 spiro atoms. The predicted molar refractivity (Wildman–Crippen MR) is 46.7 cm³/mol. The van der Waals surface area contributed by atoms with Crippen molar-refractivity contribution in [2.24, 2.45) is 5.73 Å². The first-order chi connectivity index (χ1) is 5.24. The molecule has 1 aromatic heterocycles. The minimum absolute atomic E-state index is 0.633. The van der Waals surface area contributed by atoms with Crippen molar-refractivity contribution in [3.8, 4) is 0 Å². The van der Waals surface area contributed by atoms with Gasteiger partial charge in [0.25, 0.3) is 0 Å². The smallest absolute Gasteiger partial charge is 0.0618 e. The molecule has 0 amide bonds. The molecular formula is C8H11ClN2. The molecule has 11 heavy (non-hydrogen) atoms. The fourth-order valence-electron chi connectivity index (χ4n) is 0.882. The largest absolute Gasteiger partial charge is 0.330 e. The summed E-state index contributed by atoms with van der Waals surface area (Å²) in [6, 6.07) is 1.97. The van der Waals surface area contributed by atoms with Crippen LogP contribution in [-0.2, 0) is 6.42 Å². The standard InChI is InChI=1S/C8H11ClN2/c1-6-4-7(2-3-10)11-5-8(6)9/h4-5H,2-3,10H2,1H3. The summed E-state index contributed by atoms with van der Waals surface area (Å²) in [5, 5.41) is 0.714. The molecule has 0 unspecified atom stereocenters. The average Bonchev–Trinajstić information content (AvgIpc) is 1.98. The maximum atomic E-state index is 5.79. The third-order valence-corrected chi connectivity index (χ3v) is 1.90. The van der Waals surface area contributed by atoms with Gasteiger partial charge in [-0.3, -0.25) is 4.98 Å². The number of hydrogen-bond acceptors (Lipinski definition) is 2. The third kappa shape index (κ3) is 2.17. The van der Waals surface area contributed by atoms with Crippen molar-refractivity contribution in [3.63, 3.8) is 0 Å². The number of pyridine rings is 1. The van der Waals surface area contributed by atoms with Crippen LogP contribution in [0, 0.1) is 6.92 Å². The highest BCUT2D eigenvalue weighted by atomic mass is 35.5. The van der Waals surface area contributed by atoms with Crippen molar-refractivity contribution in [2.75, 3.05) is 6.54 Å². The van der Waals surface area contributed by atoms with Gasteiger partial charge in [-0.2, -0.15) is 0 Å². The molecule has 0 fully saturated rings. The molecule has 0 atom stereocenters. The SMILES string of the molecule is Cc1cc(CCN)ncc1Cl. The average molecular weight is 171 g/mol. The van der Waals surface area contributed by atoms with Crippen LogP contribution in [0.2, 0.25) is 5.02 Å². The summed E-state index contributed by atoms with van der Waals surface area (Å²) in [6.07, 6.45) is 2.49. The Labute approximate surface area is 71.4 Å². The maximum absolute atomic E-state index is 5.79. The van der Waals surface area contributed by atoms with E-state index in [1.807, 2.05) is 13.0 Å². The Hall–Kier alpha value is -0.600. The molecule has 0 saturated carbocycles. The van der Waals surface area contributed by atoms with Crippen LogP contribution in [0.1, 0.15) is 11.3 Å². The lowest BCUT2D eigenvalue weighted by Crippen LogP contribution is -2.04. The Bertz CT molecular complexity index is 248. The molecule has 0 radical (unpaired) electrons. The topological polar surface area (TPSA) is 38.9 Å². The summed E-state index contributed by atoms with van der Waals surface area (Å²) in [5.74, 6) is 0. The van der Waals surface area contributed by atoms with Gasteiger partial charge in [-0.05, 0) is 25.1 Å². The first-order valence-electron chi connectivity index (χ1n) is 3.55. The minimum atomic E-state index is 0.633. The van der Waals surface area contributed by atoms with E-state index in [2.05, 4.69) is 4.98 Å². The van der Waals surface area contributed by atoms with Gasteiger partial charge in [0.2, 0.25) is 0 Å². The number of aryl methyl sites for hydroxylation is 1. The molecular weight excluding hydrogens is 160 g/mol. The van der Waals surface area contributed by atoms with Crippen molar-refractivity contribution in [1.82, 2.24) is 4.98 Å². The highest BCUT2D eigenvalue weighted by molar-refractivity contribution is 6.31. The molecule has 60 valence electrons. The Morgan fingerprint density at radius 3 is 2.91 bits per heavy atom. The van der Waals surface area contributed by atoms with E-state index >= 15 is 0 Å². The summed E-state index contributed by atoms with van der Waals surface area (Å²) in [7, 11) is 0. The van der Waals surface area contributed by atoms with Crippen LogP contribution < -0.4 is 5.73 Å². The fourth-order valence-corrected chi connectivity index (χ4v) is 0.985. The van der Waals surface area contributed by atoms with Crippen LogP contribution in [0.5, 0.6) is 0 Å². The lowest BCUT2D eigenvalue weighted by molar-refractivity contribution is 0.920. The Kier molecular flexibility index (Phi) is 2.85. The van der Waals surface area contributed by atoms with Gasteiger partial charge in [-0.1, -0.05) is 11.6 Å². The number of hydrogen-bond donors (Lipinski definition) is 1. The second kappa shape index (κ2) is 3.69. The van der Waals surface area contributed by atoms with Gasteiger partial charge < -0.3 is 5.73 Å². The predicted octanol–water partition coefficient (Wildman–Crippen LogP) is 1.54. The van der Waals surface area contributed by atoms with E-state index in [9.17, 15) is 0 Å². The zero-order chi connectivity index (χ0) is 8.27. The quantitative estimate of drug-likeness (QED) is 0.732. The molecule has 0 saturated heterocycles. The summed E-state index contributed by atoms with van der Waals surface area (Å²) < 4.78 is 0. The van der Waals surface area contributed by atoms with Gasteiger partial charge in [0.1, 0.15) is 0 Å². The molecule has 0 aromatic carbocycles. The molecule has 0 bridgehead atoms. The van der Waals surface area contributed by atoms with Crippen LogP contribution in [-0.4, -0.2) is 11.5 Å². The Morgan fingerprint density at radius 2 is 2.36 bits per heavy atom. The van der Waals surface area contributed by atoms with Crippen LogP contribution in [0.15, 0.2) is 12.3 Å². The molecule has 1 rings (SSSR count). The first kappa shape index (κ1) is 8.50.